The summed E-state index contributed by atoms with van der Waals surface area (Å²) in [4.78, 5) is 24.4. The van der Waals surface area contributed by atoms with Gasteiger partial charge in [-0.15, -0.1) is 0 Å². The summed E-state index contributed by atoms with van der Waals surface area (Å²) in [7, 11) is 0. The Morgan fingerprint density at radius 3 is 2.16 bits per heavy atom. The van der Waals surface area contributed by atoms with Crippen molar-refractivity contribution >= 4 is 11.8 Å². The first-order valence-electron chi connectivity index (χ1n) is 8.78. The second kappa shape index (κ2) is 9.16. The summed E-state index contributed by atoms with van der Waals surface area (Å²) < 4.78 is 5.28. The lowest BCUT2D eigenvalue weighted by Crippen LogP contribution is -2.25. The monoisotopic (exact) mass is 338 g/mol. The molecule has 0 bridgehead atoms. The molecule has 3 heteroatoms. The molecule has 2 rings (SSSR count). The molecule has 0 radical (unpaired) electrons. The molecule has 2 aromatic rings. The molecule has 0 saturated carbocycles. The molecule has 132 valence electrons. The normalized spacial score (nSPS) is 11.1. The van der Waals surface area contributed by atoms with Crippen LogP contribution in [0.4, 0.5) is 0 Å². The quantitative estimate of drug-likeness (QED) is 0.485. The van der Waals surface area contributed by atoms with Crippen molar-refractivity contribution in [3.63, 3.8) is 0 Å². The molecule has 0 aromatic heterocycles. The van der Waals surface area contributed by atoms with Crippen molar-refractivity contribution in [3.05, 3.63) is 71.8 Å². The predicted octanol–water partition coefficient (Wildman–Crippen LogP) is 4.85. The molecule has 0 spiro atoms. The van der Waals surface area contributed by atoms with Gasteiger partial charge in [-0.05, 0) is 37.0 Å². The van der Waals surface area contributed by atoms with Gasteiger partial charge in [-0.25, -0.2) is 4.79 Å². The highest BCUT2D eigenvalue weighted by molar-refractivity contribution is 5.89. The van der Waals surface area contributed by atoms with Gasteiger partial charge < -0.3 is 4.74 Å². The number of aryl methyl sites for hydroxylation is 1. The Bertz CT molecular complexity index is 675. The van der Waals surface area contributed by atoms with Crippen molar-refractivity contribution in [1.82, 2.24) is 0 Å². The molecule has 0 aliphatic heterocycles. The number of hydrogen-bond donors (Lipinski definition) is 0. The van der Waals surface area contributed by atoms with Gasteiger partial charge in [0.25, 0.3) is 0 Å². The van der Waals surface area contributed by atoms with Crippen LogP contribution in [0.1, 0.15) is 49.0 Å². The first-order chi connectivity index (χ1) is 12.0. The van der Waals surface area contributed by atoms with Gasteiger partial charge in [0.1, 0.15) is 5.78 Å². The molecule has 0 fully saturated rings. The van der Waals surface area contributed by atoms with Crippen LogP contribution in [-0.4, -0.2) is 18.4 Å². The lowest BCUT2D eigenvalue weighted by molar-refractivity contribution is -0.127. The van der Waals surface area contributed by atoms with Crippen LogP contribution in [0.2, 0.25) is 0 Å². The van der Waals surface area contributed by atoms with Crippen LogP contribution in [0.25, 0.3) is 0 Å². The van der Waals surface area contributed by atoms with Crippen LogP contribution in [0, 0.1) is 5.41 Å². The summed E-state index contributed by atoms with van der Waals surface area (Å²) in [5.74, 6) is -0.0560. The molecular formula is C22H26O3. The van der Waals surface area contributed by atoms with E-state index in [4.69, 9.17) is 4.74 Å². The molecule has 0 atom stereocenters. The van der Waals surface area contributed by atoms with Gasteiger partial charge in [0.2, 0.25) is 0 Å². The van der Waals surface area contributed by atoms with Gasteiger partial charge >= 0.3 is 5.97 Å². The number of benzene rings is 2. The third kappa shape index (κ3) is 6.18. The number of Topliss-reactive ketones (excluding diaryl/α,β-unsaturated/α-hetero) is 1. The average molecular weight is 338 g/mol. The third-order valence-corrected chi connectivity index (χ3v) is 4.43. The van der Waals surface area contributed by atoms with E-state index >= 15 is 0 Å². The van der Waals surface area contributed by atoms with E-state index in [0.717, 1.165) is 6.42 Å². The minimum Gasteiger partial charge on any atom is -0.462 e. The molecule has 2 aromatic carbocycles. The molecule has 0 unspecified atom stereocenters. The number of hydrogen-bond acceptors (Lipinski definition) is 3. The van der Waals surface area contributed by atoms with Crippen molar-refractivity contribution in [1.29, 1.82) is 0 Å². The summed E-state index contributed by atoms with van der Waals surface area (Å²) in [6.07, 6.45) is 2.71. The first kappa shape index (κ1) is 18.9. The van der Waals surface area contributed by atoms with Gasteiger partial charge in [0.05, 0.1) is 12.2 Å². The Labute approximate surface area is 150 Å². The fourth-order valence-corrected chi connectivity index (χ4v) is 2.72. The molecule has 0 aliphatic rings. The third-order valence-electron chi connectivity index (χ3n) is 4.43. The number of esters is 1. The Morgan fingerprint density at radius 2 is 1.52 bits per heavy atom. The molecule has 0 N–H and O–H groups in total. The van der Waals surface area contributed by atoms with Gasteiger partial charge in [-0.1, -0.05) is 62.4 Å². The van der Waals surface area contributed by atoms with Crippen LogP contribution in [0.3, 0.4) is 0 Å². The minimum atomic E-state index is -0.395. The summed E-state index contributed by atoms with van der Waals surface area (Å²) in [5, 5.41) is 0. The largest absolute Gasteiger partial charge is 0.462 e. The Hall–Kier alpha value is -2.42. The van der Waals surface area contributed by atoms with E-state index in [1.807, 2.05) is 62.4 Å². The van der Waals surface area contributed by atoms with Crippen LogP contribution >= 0.6 is 0 Å². The number of carbonyl (C=O) groups excluding carboxylic acids is 2. The Morgan fingerprint density at radius 1 is 0.920 bits per heavy atom. The zero-order chi connectivity index (χ0) is 18.1. The maximum atomic E-state index is 12.5. The molecule has 0 heterocycles. The predicted molar refractivity (Wildman–Crippen MR) is 99.5 cm³/mol. The van der Waals surface area contributed by atoms with Gasteiger partial charge in [0, 0.05) is 11.8 Å². The zero-order valence-corrected chi connectivity index (χ0v) is 15.0. The van der Waals surface area contributed by atoms with Crippen molar-refractivity contribution in [2.24, 2.45) is 5.41 Å². The number of carbonyl (C=O) groups is 2. The zero-order valence-electron chi connectivity index (χ0n) is 15.0. The summed E-state index contributed by atoms with van der Waals surface area (Å²) in [6, 6.07) is 19.0. The van der Waals surface area contributed by atoms with E-state index in [2.05, 4.69) is 0 Å². The van der Waals surface area contributed by atoms with Crippen LogP contribution in [0.5, 0.6) is 0 Å². The lowest BCUT2D eigenvalue weighted by atomic mass is 9.81. The number of ketones is 1. The maximum Gasteiger partial charge on any atom is 0.338 e. The van der Waals surface area contributed by atoms with E-state index in [1.54, 1.807) is 12.1 Å². The molecule has 0 saturated heterocycles. The molecule has 3 nitrogen and oxygen atoms in total. The SMILES string of the molecule is CC(C)(CCCOC(=O)c1ccccc1)C(=O)CCc1ccccc1. The number of rotatable bonds is 9. The van der Waals surface area contributed by atoms with Gasteiger partial charge in [-0.3, -0.25) is 4.79 Å². The summed E-state index contributed by atoms with van der Waals surface area (Å²) in [6.45, 7) is 4.28. The highest BCUT2D eigenvalue weighted by Gasteiger charge is 2.26. The van der Waals surface area contributed by atoms with Crippen molar-refractivity contribution in [3.8, 4) is 0 Å². The first-order valence-corrected chi connectivity index (χ1v) is 8.78. The van der Waals surface area contributed by atoms with E-state index < -0.39 is 5.41 Å². The molecule has 0 amide bonds. The molecular weight excluding hydrogens is 312 g/mol. The summed E-state index contributed by atoms with van der Waals surface area (Å²) in [5.41, 5.74) is 1.35. The summed E-state index contributed by atoms with van der Waals surface area (Å²) >= 11 is 0. The van der Waals surface area contributed by atoms with Crippen molar-refractivity contribution < 1.29 is 14.3 Å². The molecule has 0 aliphatic carbocycles. The van der Waals surface area contributed by atoms with Crippen molar-refractivity contribution in [2.45, 2.75) is 39.5 Å². The van der Waals surface area contributed by atoms with E-state index in [0.29, 0.717) is 31.4 Å². The second-order valence-electron chi connectivity index (χ2n) is 6.90. The van der Waals surface area contributed by atoms with Crippen LogP contribution in [-0.2, 0) is 16.0 Å². The highest BCUT2D eigenvalue weighted by Crippen LogP contribution is 2.26. The minimum absolute atomic E-state index is 0.255. The average Bonchev–Trinajstić information content (AvgIpc) is 2.64. The lowest BCUT2D eigenvalue weighted by Gasteiger charge is -2.23. The smallest absolute Gasteiger partial charge is 0.338 e. The highest BCUT2D eigenvalue weighted by atomic mass is 16.5. The van der Waals surface area contributed by atoms with Gasteiger partial charge in [-0.2, -0.15) is 0 Å². The fraction of sp³-hybridized carbons (Fsp3) is 0.364. The van der Waals surface area contributed by atoms with E-state index in [-0.39, 0.29) is 11.8 Å². The Balaban J connectivity index is 1.71. The number of ether oxygens (including phenoxy) is 1. The molecule has 25 heavy (non-hydrogen) atoms. The topological polar surface area (TPSA) is 43.4 Å². The standard InChI is InChI=1S/C22H26O3/c1-22(2,20(23)15-14-18-10-5-3-6-11-18)16-9-17-25-21(24)19-12-7-4-8-13-19/h3-8,10-13H,9,14-17H2,1-2H3. The van der Waals surface area contributed by atoms with E-state index in [9.17, 15) is 9.59 Å². The second-order valence-corrected chi connectivity index (χ2v) is 6.90. The van der Waals surface area contributed by atoms with Crippen molar-refractivity contribution in [2.75, 3.05) is 6.61 Å². The van der Waals surface area contributed by atoms with Crippen LogP contribution < -0.4 is 0 Å². The fourth-order valence-electron chi connectivity index (χ4n) is 2.72. The maximum absolute atomic E-state index is 12.5. The van der Waals surface area contributed by atoms with Crippen LogP contribution in [0.15, 0.2) is 60.7 Å². The van der Waals surface area contributed by atoms with E-state index in [1.165, 1.54) is 5.56 Å². The van der Waals surface area contributed by atoms with Gasteiger partial charge in [0.15, 0.2) is 0 Å². The Kier molecular flexibility index (Phi) is 6.93.